The molecule has 0 saturated heterocycles. The molecular weight excluding hydrogens is 318 g/mol. The van der Waals surface area contributed by atoms with Crippen molar-refractivity contribution >= 4 is 31.9 Å². The quantitative estimate of drug-likeness (QED) is 0.853. The van der Waals surface area contributed by atoms with Gasteiger partial charge in [0, 0.05) is 15.0 Å². The van der Waals surface area contributed by atoms with Crippen molar-refractivity contribution < 1.29 is 0 Å². The molecule has 0 aliphatic rings. The lowest BCUT2D eigenvalue weighted by Crippen LogP contribution is -2.23. The first-order valence-electron chi connectivity index (χ1n) is 5.19. The molecule has 0 radical (unpaired) electrons. The third-order valence-electron chi connectivity index (χ3n) is 2.26. The van der Waals surface area contributed by atoms with E-state index in [0.717, 1.165) is 15.5 Å². The van der Waals surface area contributed by atoms with Gasteiger partial charge in [0.25, 0.3) is 0 Å². The molecule has 0 spiro atoms. The second-order valence-corrected chi connectivity index (χ2v) is 5.96. The summed E-state index contributed by atoms with van der Waals surface area (Å²) in [5, 5.41) is 3.51. The molecule has 0 fully saturated rings. The molecule has 1 rings (SSSR count). The van der Waals surface area contributed by atoms with E-state index >= 15 is 0 Å². The van der Waals surface area contributed by atoms with Gasteiger partial charge in [0.2, 0.25) is 0 Å². The number of hydrogen-bond donors (Lipinski definition) is 1. The van der Waals surface area contributed by atoms with Gasteiger partial charge in [-0.1, -0.05) is 51.8 Å². The highest BCUT2D eigenvalue weighted by Gasteiger charge is 2.09. The molecule has 0 heterocycles. The first-order valence-corrected chi connectivity index (χ1v) is 6.77. The van der Waals surface area contributed by atoms with Gasteiger partial charge in [-0.2, -0.15) is 0 Å². The van der Waals surface area contributed by atoms with Gasteiger partial charge in [0.05, 0.1) is 0 Å². The van der Waals surface area contributed by atoms with Crippen LogP contribution in [0, 0.1) is 5.92 Å². The molecule has 1 aromatic rings. The van der Waals surface area contributed by atoms with Crippen LogP contribution in [0.5, 0.6) is 0 Å². The summed E-state index contributed by atoms with van der Waals surface area (Å²) in [6, 6.07) is 6.69. The molecule has 3 heteroatoms. The van der Waals surface area contributed by atoms with E-state index < -0.39 is 0 Å². The second kappa shape index (κ2) is 6.02. The van der Waals surface area contributed by atoms with E-state index in [1.807, 2.05) is 0 Å². The van der Waals surface area contributed by atoms with Crippen molar-refractivity contribution in [2.75, 3.05) is 6.54 Å². The Balaban J connectivity index is 2.69. The normalized spacial score (nSPS) is 13.2. The molecule has 0 bridgehead atoms. The van der Waals surface area contributed by atoms with Crippen LogP contribution in [-0.4, -0.2) is 6.54 Å². The maximum absolute atomic E-state index is 3.58. The van der Waals surface area contributed by atoms with Gasteiger partial charge in [-0.15, -0.1) is 0 Å². The molecule has 0 aliphatic carbocycles. The zero-order valence-electron chi connectivity index (χ0n) is 9.35. The largest absolute Gasteiger partial charge is 0.310 e. The van der Waals surface area contributed by atoms with E-state index in [1.54, 1.807) is 0 Å². The molecule has 1 nitrogen and oxygen atoms in total. The highest BCUT2D eigenvalue weighted by Crippen LogP contribution is 2.26. The zero-order chi connectivity index (χ0) is 11.4. The smallest absolute Gasteiger partial charge is 0.0303 e. The van der Waals surface area contributed by atoms with Crippen LogP contribution in [0.15, 0.2) is 27.1 Å². The van der Waals surface area contributed by atoms with Gasteiger partial charge in [-0.05, 0) is 37.1 Å². The fraction of sp³-hybridized carbons (Fsp3) is 0.500. The van der Waals surface area contributed by atoms with Gasteiger partial charge in [-0.3, -0.25) is 0 Å². The minimum Gasteiger partial charge on any atom is -0.310 e. The van der Waals surface area contributed by atoms with E-state index in [1.165, 1.54) is 5.56 Å². The lowest BCUT2D eigenvalue weighted by molar-refractivity contribution is 0.495. The van der Waals surface area contributed by atoms with Crippen LogP contribution < -0.4 is 5.32 Å². The van der Waals surface area contributed by atoms with E-state index in [4.69, 9.17) is 0 Å². The predicted molar refractivity (Wildman–Crippen MR) is 73.1 cm³/mol. The van der Waals surface area contributed by atoms with Crippen LogP contribution in [0.2, 0.25) is 0 Å². The van der Waals surface area contributed by atoms with Crippen molar-refractivity contribution in [3.63, 3.8) is 0 Å². The molecule has 1 atom stereocenters. The van der Waals surface area contributed by atoms with Crippen LogP contribution >= 0.6 is 31.9 Å². The van der Waals surface area contributed by atoms with Gasteiger partial charge in [0.1, 0.15) is 0 Å². The zero-order valence-corrected chi connectivity index (χ0v) is 12.5. The van der Waals surface area contributed by atoms with E-state index in [0.29, 0.717) is 12.0 Å². The Morgan fingerprint density at radius 1 is 1.20 bits per heavy atom. The summed E-state index contributed by atoms with van der Waals surface area (Å²) in [6.45, 7) is 7.67. The molecule has 0 aromatic heterocycles. The summed E-state index contributed by atoms with van der Waals surface area (Å²) >= 11 is 7.04. The summed E-state index contributed by atoms with van der Waals surface area (Å²) in [4.78, 5) is 0. The lowest BCUT2D eigenvalue weighted by Gasteiger charge is -2.17. The SMILES string of the molecule is CC(C)CNC(C)c1ccc(Br)cc1Br. The molecule has 0 aliphatic heterocycles. The first kappa shape index (κ1) is 13.2. The highest BCUT2D eigenvalue weighted by atomic mass is 79.9. The van der Waals surface area contributed by atoms with Crippen LogP contribution in [0.4, 0.5) is 0 Å². The van der Waals surface area contributed by atoms with Crippen LogP contribution in [0.1, 0.15) is 32.4 Å². The summed E-state index contributed by atoms with van der Waals surface area (Å²) in [6.07, 6.45) is 0. The van der Waals surface area contributed by atoms with Crippen molar-refractivity contribution in [1.82, 2.24) is 5.32 Å². The Labute approximate surface area is 109 Å². The molecular formula is C12H17Br2N. The van der Waals surface area contributed by atoms with Crippen LogP contribution in [-0.2, 0) is 0 Å². The fourth-order valence-corrected chi connectivity index (χ4v) is 2.77. The van der Waals surface area contributed by atoms with Crippen molar-refractivity contribution in [3.05, 3.63) is 32.7 Å². The monoisotopic (exact) mass is 333 g/mol. The summed E-state index contributed by atoms with van der Waals surface area (Å²) in [5.74, 6) is 0.682. The molecule has 0 amide bonds. The van der Waals surface area contributed by atoms with Gasteiger partial charge >= 0.3 is 0 Å². The minimum absolute atomic E-state index is 0.384. The summed E-state index contributed by atoms with van der Waals surface area (Å²) < 4.78 is 2.26. The minimum atomic E-state index is 0.384. The fourth-order valence-electron chi connectivity index (χ4n) is 1.38. The Kier molecular flexibility index (Phi) is 5.30. The number of benzene rings is 1. The Morgan fingerprint density at radius 2 is 1.87 bits per heavy atom. The second-order valence-electron chi connectivity index (χ2n) is 4.19. The van der Waals surface area contributed by atoms with E-state index in [2.05, 4.69) is 76.1 Å². The topological polar surface area (TPSA) is 12.0 Å². The van der Waals surface area contributed by atoms with E-state index in [-0.39, 0.29) is 0 Å². The van der Waals surface area contributed by atoms with Gasteiger partial charge in [0.15, 0.2) is 0 Å². The standard InChI is InChI=1S/C12H17Br2N/c1-8(2)7-15-9(3)11-5-4-10(13)6-12(11)14/h4-6,8-9,15H,7H2,1-3H3. The van der Waals surface area contributed by atoms with Crippen molar-refractivity contribution in [3.8, 4) is 0 Å². The van der Waals surface area contributed by atoms with Gasteiger partial charge < -0.3 is 5.32 Å². The maximum atomic E-state index is 3.58. The van der Waals surface area contributed by atoms with Crippen LogP contribution in [0.25, 0.3) is 0 Å². The Bertz CT molecular complexity index is 323. The molecule has 84 valence electrons. The van der Waals surface area contributed by atoms with Crippen molar-refractivity contribution in [2.45, 2.75) is 26.8 Å². The Morgan fingerprint density at radius 3 is 2.40 bits per heavy atom. The summed E-state index contributed by atoms with van der Waals surface area (Å²) in [7, 11) is 0. The Hall–Kier alpha value is 0.140. The molecule has 1 N–H and O–H groups in total. The average molecular weight is 335 g/mol. The van der Waals surface area contributed by atoms with Crippen LogP contribution in [0.3, 0.4) is 0 Å². The summed E-state index contributed by atoms with van der Waals surface area (Å²) in [5.41, 5.74) is 1.30. The first-order chi connectivity index (χ1) is 7.00. The molecule has 1 aromatic carbocycles. The number of nitrogens with one attached hydrogen (secondary N) is 1. The average Bonchev–Trinajstić information content (AvgIpc) is 2.14. The highest BCUT2D eigenvalue weighted by molar-refractivity contribution is 9.11. The molecule has 0 saturated carbocycles. The number of hydrogen-bond acceptors (Lipinski definition) is 1. The van der Waals surface area contributed by atoms with Crippen molar-refractivity contribution in [1.29, 1.82) is 0 Å². The lowest BCUT2D eigenvalue weighted by atomic mass is 10.1. The third-order valence-corrected chi connectivity index (χ3v) is 3.44. The van der Waals surface area contributed by atoms with Gasteiger partial charge in [-0.25, -0.2) is 0 Å². The predicted octanol–water partition coefficient (Wildman–Crippen LogP) is 4.52. The molecule has 15 heavy (non-hydrogen) atoms. The molecule has 1 unspecified atom stereocenters. The number of halogens is 2. The third kappa shape index (κ3) is 4.25. The number of rotatable bonds is 4. The maximum Gasteiger partial charge on any atom is 0.0303 e. The van der Waals surface area contributed by atoms with Crippen molar-refractivity contribution in [2.24, 2.45) is 5.92 Å². The van der Waals surface area contributed by atoms with E-state index in [9.17, 15) is 0 Å².